The van der Waals surface area contributed by atoms with E-state index in [0.29, 0.717) is 5.92 Å². The topological polar surface area (TPSA) is 87.7 Å². The Hall–Kier alpha value is -1.26. The van der Waals surface area contributed by atoms with Crippen LogP contribution in [0, 0.1) is 17.8 Å². The number of hydrogen-bond acceptors (Lipinski definition) is 3. The van der Waals surface area contributed by atoms with Crippen LogP contribution in [0.1, 0.15) is 33.6 Å². The molecule has 0 radical (unpaired) electrons. The lowest BCUT2D eigenvalue weighted by Gasteiger charge is -2.21. The average Bonchev–Trinajstić information content (AvgIpc) is 2.99. The molecule has 92 valence electrons. The quantitative estimate of drug-likeness (QED) is 0.282. The van der Waals surface area contributed by atoms with Crippen molar-refractivity contribution in [1.82, 2.24) is 5.32 Å². The van der Waals surface area contributed by atoms with Gasteiger partial charge in [0.25, 0.3) is 0 Å². The number of nitrogens with zero attached hydrogens (tertiary/aromatic N) is 1. The summed E-state index contributed by atoms with van der Waals surface area (Å²) < 4.78 is 0. The summed E-state index contributed by atoms with van der Waals surface area (Å²) in [5.74, 6) is -0.0993. The molecule has 0 aliphatic heterocycles. The minimum atomic E-state index is -0.550. The molecule has 0 spiro atoms. The van der Waals surface area contributed by atoms with Crippen LogP contribution < -0.4 is 11.1 Å². The Bertz CT molecular complexity index is 285. The van der Waals surface area contributed by atoms with Gasteiger partial charge >= 0.3 is 0 Å². The van der Waals surface area contributed by atoms with Gasteiger partial charge in [-0.1, -0.05) is 19.0 Å². The van der Waals surface area contributed by atoms with Gasteiger partial charge in [0, 0.05) is 6.04 Å². The molecular weight excluding hydrogens is 206 g/mol. The molecule has 1 fully saturated rings. The molecule has 5 nitrogen and oxygen atoms in total. The Kier molecular flexibility index (Phi) is 4.15. The van der Waals surface area contributed by atoms with Crippen molar-refractivity contribution in [2.75, 3.05) is 0 Å². The van der Waals surface area contributed by atoms with Crippen LogP contribution in [0.2, 0.25) is 0 Å². The largest absolute Gasteiger partial charge is 0.409 e. The third-order valence-corrected chi connectivity index (χ3v) is 3.08. The van der Waals surface area contributed by atoms with E-state index in [9.17, 15) is 4.79 Å². The minimum Gasteiger partial charge on any atom is -0.409 e. The molecule has 0 aromatic carbocycles. The number of nitrogens with two attached hydrogens (primary N) is 1. The molecule has 2 atom stereocenters. The Morgan fingerprint density at radius 1 is 1.44 bits per heavy atom. The molecule has 2 unspecified atom stereocenters. The smallest absolute Gasteiger partial charge is 0.231 e. The second kappa shape index (κ2) is 5.18. The van der Waals surface area contributed by atoms with E-state index in [1.54, 1.807) is 0 Å². The molecule has 0 bridgehead atoms. The van der Waals surface area contributed by atoms with E-state index in [4.69, 9.17) is 10.9 Å². The Labute approximate surface area is 96.1 Å². The lowest BCUT2D eigenvalue weighted by molar-refractivity contribution is -0.124. The Morgan fingerprint density at radius 3 is 2.38 bits per heavy atom. The van der Waals surface area contributed by atoms with E-state index in [0.717, 1.165) is 0 Å². The van der Waals surface area contributed by atoms with Gasteiger partial charge in [-0.15, -0.1) is 0 Å². The van der Waals surface area contributed by atoms with Crippen LogP contribution in [0.4, 0.5) is 0 Å². The standard InChI is InChI=1S/C11H21N3O2/c1-6(2)9(10(12)14-16)11(15)13-7(3)8-4-5-8/h6-9,16H,4-5H2,1-3H3,(H2,12,14)(H,13,15). The number of carbonyl (C=O) groups is 1. The number of hydrogen-bond donors (Lipinski definition) is 3. The second-order valence-electron chi connectivity index (χ2n) is 4.88. The van der Waals surface area contributed by atoms with Gasteiger partial charge < -0.3 is 16.3 Å². The molecule has 0 heterocycles. The summed E-state index contributed by atoms with van der Waals surface area (Å²) in [5, 5.41) is 14.5. The SMILES string of the molecule is CC(C)C(C(=O)NC(C)C1CC1)C(N)=NO. The summed E-state index contributed by atoms with van der Waals surface area (Å²) in [6.45, 7) is 5.76. The first-order valence-corrected chi connectivity index (χ1v) is 5.75. The number of carbonyl (C=O) groups excluding carboxylic acids is 1. The summed E-state index contributed by atoms with van der Waals surface area (Å²) >= 11 is 0. The van der Waals surface area contributed by atoms with Crippen LogP contribution in [0.15, 0.2) is 5.16 Å². The molecule has 5 heteroatoms. The highest BCUT2D eigenvalue weighted by molar-refractivity contribution is 6.02. The zero-order valence-electron chi connectivity index (χ0n) is 10.1. The van der Waals surface area contributed by atoms with Crippen LogP contribution in [0.3, 0.4) is 0 Å². The van der Waals surface area contributed by atoms with Crippen molar-refractivity contribution in [1.29, 1.82) is 0 Å². The highest BCUT2D eigenvalue weighted by Gasteiger charge is 2.33. The van der Waals surface area contributed by atoms with Crippen molar-refractivity contribution in [3.63, 3.8) is 0 Å². The third kappa shape index (κ3) is 3.12. The summed E-state index contributed by atoms with van der Waals surface area (Å²) in [4.78, 5) is 11.9. The summed E-state index contributed by atoms with van der Waals surface area (Å²) in [6, 6.07) is 0.181. The van der Waals surface area contributed by atoms with Gasteiger partial charge in [-0.05, 0) is 31.6 Å². The third-order valence-electron chi connectivity index (χ3n) is 3.08. The van der Waals surface area contributed by atoms with E-state index in [-0.39, 0.29) is 23.7 Å². The van der Waals surface area contributed by atoms with Crippen LogP contribution in [0.5, 0.6) is 0 Å². The normalized spacial score (nSPS) is 20.6. The maximum Gasteiger partial charge on any atom is 0.231 e. The van der Waals surface area contributed by atoms with Crippen molar-refractivity contribution >= 4 is 11.7 Å². The number of rotatable bonds is 5. The van der Waals surface area contributed by atoms with E-state index < -0.39 is 5.92 Å². The van der Waals surface area contributed by atoms with Crippen molar-refractivity contribution in [3.8, 4) is 0 Å². The van der Waals surface area contributed by atoms with Gasteiger partial charge in [-0.25, -0.2) is 0 Å². The van der Waals surface area contributed by atoms with Crippen molar-refractivity contribution in [3.05, 3.63) is 0 Å². The molecule has 1 aliphatic rings. The van der Waals surface area contributed by atoms with Crippen LogP contribution in [0.25, 0.3) is 0 Å². The Balaban J connectivity index is 2.59. The lowest BCUT2D eigenvalue weighted by atomic mass is 9.93. The molecule has 4 N–H and O–H groups in total. The van der Waals surface area contributed by atoms with Crippen LogP contribution in [-0.2, 0) is 4.79 Å². The molecule has 1 aliphatic carbocycles. The zero-order valence-corrected chi connectivity index (χ0v) is 10.1. The Morgan fingerprint density at radius 2 is 2.00 bits per heavy atom. The van der Waals surface area contributed by atoms with E-state index in [1.807, 2.05) is 20.8 Å². The van der Waals surface area contributed by atoms with Gasteiger partial charge in [-0.2, -0.15) is 0 Å². The summed E-state index contributed by atoms with van der Waals surface area (Å²) in [6.07, 6.45) is 2.36. The van der Waals surface area contributed by atoms with Crippen LogP contribution >= 0.6 is 0 Å². The summed E-state index contributed by atoms with van der Waals surface area (Å²) in [5.41, 5.74) is 5.53. The predicted molar refractivity (Wildman–Crippen MR) is 62.1 cm³/mol. The van der Waals surface area contributed by atoms with Gasteiger partial charge in [0.05, 0.1) is 0 Å². The fourth-order valence-electron chi connectivity index (χ4n) is 1.87. The van der Waals surface area contributed by atoms with Crippen molar-refractivity contribution < 1.29 is 10.0 Å². The molecule has 1 saturated carbocycles. The molecule has 1 amide bonds. The summed E-state index contributed by atoms with van der Waals surface area (Å²) in [7, 11) is 0. The lowest BCUT2D eigenvalue weighted by Crippen LogP contribution is -2.45. The maximum absolute atomic E-state index is 11.9. The van der Waals surface area contributed by atoms with Crippen molar-refractivity contribution in [2.45, 2.75) is 39.7 Å². The highest BCUT2D eigenvalue weighted by Crippen LogP contribution is 2.32. The maximum atomic E-state index is 11.9. The van der Waals surface area contributed by atoms with Crippen molar-refractivity contribution in [2.24, 2.45) is 28.6 Å². The molecule has 0 aromatic heterocycles. The van der Waals surface area contributed by atoms with Gasteiger partial charge in [-0.3, -0.25) is 4.79 Å². The number of nitrogens with one attached hydrogen (secondary N) is 1. The number of oxime groups is 1. The van der Waals surface area contributed by atoms with Gasteiger partial charge in [0.15, 0.2) is 5.84 Å². The second-order valence-corrected chi connectivity index (χ2v) is 4.88. The molecule has 0 aromatic rings. The minimum absolute atomic E-state index is 0.0160. The van der Waals surface area contributed by atoms with E-state index >= 15 is 0 Å². The molecule has 0 saturated heterocycles. The molecule has 16 heavy (non-hydrogen) atoms. The molecule has 1 rings (SSSR count). The first-order valence-electron chi connectivity index (χ1n) is 5.75. The fraction of sp³-hybridized carbons (Fsp3) is 0.818. The highest BCUT2D eigenvalue weighted by atomic mass is 16.4. The number of amides is 1. The monoisotopic (exact) mass is 227 g/mol. The van der Waals surface area contributed by atoms with E-state index in [2.05, 4.69) is 10.5 Å². The number of amidine groups is 1. The van der Waals surface area contributed by atoms with Gasteiger partial charge in [0.2, 0.25) is 5.91 Å². The van der Waals surface area contributed by atoms with Crippen LogP contribution in [-0.4, -0.2) is 23.0 Å². The zero-order chi connectivity index (χ0) is 12.3. The fourth-order valence-corrected chi connectivity index (χ4v) is 1.87. The van der Waals surface area contributed by atoms with E-state index in [1.165, 1.54) is 12.8 Å². The molecular formula is C11H21N3O2. The predicted octanol–water partition coefficient (Wildman–Crippen LogP) is 0.920. The van der Waals surface area contributed by atoms with Gasteiger partial charge in [0.1, 0.15) is 5.92 Å². The average molecular weight is 227 g/mol. The first-order chi connectivity index (χ1) is 7.47. The first kappa shape index (κ1) is 12.8.